The van der Waals surface area contributed by atoms with Crippen molar-refractivity contribution in [2.45, 2.75) is 27.3 Å². The van der Waals surface area contributed by atoms with Gasteiger partial charge in [0.25, 0.3) is 5.91 Å². The molecule has 8 heteroatoms. The summed E-state index contributed by atoms with van der Waals surface area (Å²) in [6.07, 6.45) is 1.74. The Balaban J connectivity index is 1.57. The highest BCUT2D eigenvalue weighted by atomic mass is 35.5. The minimum absolute atomic E-state index is 0.184. The lowest BCUT2D eigenvalue weighted by Crippen LogP contribution is -2.23. The van der Waals surface area contributed by atoms with Gasteiger partial charge in [-0.25, -0.2) is 4.68 Å². The molecule has 7 nitrogen and oxygen atoms in total. The molecule has 0 radical (unpaired) electrons. The number of nitrogens with zero attached hydrogens (tertiary/aromatic N) is 4. The molecule has 0 saturated heterocycles. The van der Waals surface area contributed by atoms with Crippen molar-refractivity contribution in [3.8, 4) is 17.1 Å². The fourth-order valence-electron chi connectivity index (χ4n) is 3.10. The van der Waals surface area contributed by atoms with Crippen LogP contribution in [0.5, 0.6) is 0 Å². The second-order valence-corrected chi connectivity index (χ2v) is 7.46. The first kappa shape index (κ1) is 19.8. The summed E-state index contributed by atoms with van der Waals surface area (Å²) in [5.41, 5.74) is 4.79. The lowest BCUT2D eigenvalue weighted by Gasteiger charge is -2.07. The van der Waals surface area contributed by atoms with E-state index in [1.807, 2.05) is 44.2 Å². The van der Waals surface area contributed by atoms with Gasteiger partial charge in [-0.3, -0.25) is 4.79 Å². The maximum atomic E-state index is 12.7. The summed E-state index contributed by atoms with van der Waals surface area (Å²) < 4.78 is 6.78. The molecule has 1 amide bonds. The van der Waals surface area contributed by atoms with Gasteiger partial charge in [0, 0.05) is 30.3 Å². The number of nitrogens with one attached hydrogen (secondary N) is 1. The van der Waals surface area contributed by atoms with Crippen LogP contribution in [0.15, 0.2) is 53.2 Å². The lowest BCUT2D eigenvalue weighted by atomic mass is 10.1. The SMILES string of the molecule is Cc1nc(-c2ccc(C)c(-n3cc(C(=O)NCc4ccc(Cl)cc4)c(C)n3)c2)no1. The van der Waals surface area contributed by atoms with Gasteiger partial charge in [0.1, 0.15) is 0 Å². The number of aryl methyl sites for hydroxylation is 3. The molecule has 0 unspecified atom stereocenters. The van der Waals surface area contributed by atoms with E-state index in [-0.39, 0.29) is 5.91 Å². The van der Waals surface area contributed by atoms with E-state index in [0.29, 0.717) is 34.5 Å². The van der Waals surface area contributed by atoms with Crippen LogP contribution >= 0.6 is 11.6 Å². The zero-order valence-electron chi connectivity index (χ0n) is 16.8. The molecule has 4 rings (SSSR count). The average molecular weight is 422 g/mol. The smallest absolute Gasteiger partial charge is 0.255 e. The number of aromatic nitrogens is 4. The molecule has 0 aliphatic rings. The van der Waals surface area contributed by atoms with Crippen molar-refractivity contribution in [1.82, 2.24) is 25.2 Å². The summed E-state index contributed by atoms with van der Waals surface area (Å²) in [5.74, 6) is 0.830. The van der Waals surface area contributed by atoms with Gasteiger partial charge < -0.3 is 9.84 Å². The fourth-order valence-corrected chi connectivity index (χ4v) is 3.22. The Labute approximate surface area is 178 Å². The van der Waals surface area contributed by atoms with Crippen LogP contribution in [-0.4, -0.2) is 25.8 Å². The molecule has 0 aliphatic heterocycles. The van der Waals surface area contributed by atoms with Crippen molar-refractivity contribution < 1.29 is 9.32 Å². The molecule has 1 N–H and O–H groups in total. The topological polar surface area (TPSA) is 85.8 Å². The van der Waals surface area contributed by atoms with Gasteiger partial charge >= 0.3 is 0 Å². The maximum absolute atomic E-state index is 12.7. The molecule has 2 aromatic heterocycles. The number of amides is 1. The fraction of sp³-hybridized carbons (Fsp3) is 0.182. The van der Waals surface area contributed by atoms with Crippen LogP contribution in [0, 0.1) is 20.8 Å². The van der Waals surface area contributed by atoms with Crippen LogP contribution < -0.4 is 5.32 Å². The molecule has 30 heavy (non-hydrogen) atoms. The second-order valence-electron chi connectivity index (χ2n) is 7.02. The summed E-state index contributed by atoms with van der Waals surface area (Å²) in [7, 11) is 0. The van der Waals surface area contributed by atoms with Crippen molar-refractivity contribution in [2.24, 2.45) is 0 Å². The van der Waals surface area contributed by atoms with Crippen LogP contribution in [-0.2, 0) is 6.54 Å². The van der Waals surface area contributed by atoms with Gasteiger partial charge in [-0.1, -0.05) is 41.0 Å². The van der Waals surface area contributed by atoms with E-state index in [2.05, 4.69) is 20.6 Å². The zero-order chi connectivity index (χ0) is 21.3. The Hall–Kier alpha value is -3.45. The predicted octanol–water partition coefficient (Wildman–Crippen LogP) is 4.43. The monoisotopic (exact) mass is 421 g/mol. The van der Waals surface area contributed by atoms with Gasteiger partial charge in [-0.2, -0.15) is 10.1 Å². The molecule has 0 aliphatic carbocycles. The molecule has 152 valence electrons. The predicted molar refractivity (Wildman–Crippen MR) is 114 cm³/mol. The van der Waals surface area contributed by atoms with Crippen LogP contribution in [0.25, 0.3) is 17.1 Å². The Kier molecular flexibility index (Phi) is 5.37. The molecule has 0 saturated carbocycles. The molecule has 0 bridgehead atoms. The van der Waals surface area contributed by atoms with Crippen molar-refractivity contribution in [3.05, 3.63) is 82.0 Å². The van der Waals surface area contributed by atoms with Gasteiger partial charge in [-0.15, -0.1) is 0 Å². The normalized spacial score (nSPS) is 10.9. The highest BCUT2D eigenvalue weighted by molar-refractivity contribution is 6.30. The molecule has 0 spiro atoms. The second kappa shape index (κ2) is 8.12. The van der Waals surface area contributed by atoms with Gasteiger partial charge in [0.15, 0.2) is 0 Å². The summed E-state index contributed by atoms with van der Waals surface area (Å²) in [6, 6.07) is 13.2. The van der Waals surface area contributed by atoms with Crippen molar-refractivity contribution in [2.75, 3.05) is 0 Å². The number of halogens is 1. The third-order valence-corrected chi connectivity index (χ3v) is 5.00. The van der Waals surface area contributed by atoms with E-state index in [9.17, 15) is 4.79 Å². The van der Waals surface area contributed by atoms with Crippen molar-refractivity contribution in [3.63, 3.8) is 0 Å². The van der Waals surface area contributed by atoms with Gasteiger partial charge in [-0.05, 0) is 43.2 Å². The number of hydrogen-bond acceptors (Lipinski definition) is 5. The van der Waals surface area contributed by atoms with Crippen molar-refractivity contribution in [1.29, 1.82) is 0 Å². The molecule has 4 aromatic rings. The van der Waals surface area contributed by atoms with E-state index in [1.54, 1.807) is 29.9 Å². The number of benzene rings is 2. The Morgan fingerprint density at radius 2 is 1.90 bits per heavy atom. The van der Waals surface area contributed by atoms with Crippen molar-refractivity contribution >= 4 is 17.5 Å². The Bertz CT molecular complexity index is 1210. The summed E-state index contributed by atoms with van der Waals surface area (Å²) in [5, 5.41) is 12.1. The van der Waals surface area contributed by atoms with Crippen LogP contribution in [0.1, 0.15) is 33.1 Å². The first-order valence-electron chi connectivity index (χ1n) is 9.41. The first-order chi connectivity index (χ1) is 14.4. The molecular weight excluding hydrogens is 402 g/mol. The zero-order valence-corrected chi connectivity index (χ0v) is 17.6. The van der Waals surface area contributed by atoms with Crippen LogP contribution in [0.2, 0.25) is 5.02 Å². The quantitative estimate of drug-likeness (QED) is 0.515. The molecule has 2 aromatic carbocycles. The summed E-state index contributed by atoms with van der Waals surface area (Å²) in [6.45, 7) is 5.96. The third kappa shape index (κ3) is 4.11. The Morgan fingerprint density at radius 1 is 1.13 bits per heavy atom. The largest absolute Gasteiger partial charge is 0.348 e. The minimum atomic E-state index is -0.184. The first-order valence-corrected chi connectivity index (χ1v) is 9.79. The van der Waals surface area contributed by atoms with E-state index in [0.717, 1.165) is 22.4 Å². The van der Waals surface area contributed by atoms with E-state index < -0.39 is 0 Å². The molecular formula is C22H20ClN5O2. The lowest BCUT2D eigenvalue weighted by molar-refractivity contribution is 0.0950. The highest BCUT2D eigenvalue weighted by Crippen LogP contribution is 2.23. The van der Waals surface area contributed by atoms with E-state index >= 15 is 0 Å². The molecule has 0 fully saturated rings. The maximum Gasteiger partial charge on any atom is 0.255 e. The highest BCUT2D eigenvalue weighted by Gasteiger charge is 2.16. The third-order valence-electron chi connectivity index (χ3n) is 4.75. The number of rotatable bonds is 5. The van der Waals surface area contributed by atoms with Crippen LogP contribution in [0.4, 0.5) is 0 Å². The molecule has 0 atom stereocenters. The van der Waals surface area contributed by atoms with E-state index in [1.165, 1.54) is 0 Å². The molecule has 2 heterocycles. The average Bonchev–Trinajstić information content (AvgIpc) is 3.33. The Morgan fingerprint density at radius 3 is 2.60 bits per heavy atom. The van der Waals surface area contributed by atoms with Crippen LogP contribution in [0.3, 0.4) is 0 Å². The van der Waals surface area contributed by atoms with Gasteiger partial charge in [0.2, 0.25) is 11.7 Å². The van der Waals surface area contributed by atoms with Gasteiger partial charge in [0.05, 0.1) is 16.9 Å². The minimum Gasteiger partial charge on any atom is -0.348 e. The summed E-state index contributed by atoms with van der Waals surface area (Å²) in [4.78, 5) is 17.0. The number of carbonyl (C=O) groups is 1. The number of carbonyl (C=O) groups excluding carboxylic acids is 1. The summed E-state index contributed by atoms with van der Waals surface area (Å²) >= 11 is 5.90. The van der Waals surface area contributed by atoms with E-state index in [4.69, 9.17) is 16.1 Å². The number of hydrogen-bond donors (Lipinski definition) is 1. The standard InChI is InChI=1S/C22H20ClN5O2/c1-13-4-7-17(21-25-15(3)30-27-21)10-20(13)28-12-19(14(2)26-28)22(29)24-11-16-5-8-18(23)9-6-16/h4-10,12H,11H2,1-3H3,(H,24,29).